The maximum absolute atomic E-state index is 11.7. The Kier molecular flexibility index (Phi) is 5.38. The molecule has 1 aliphatic rings. The monoisotopic (exact) mass is 221 g/mol. The van der Waals surface area contributed by atoms with Crippen molar-refractivity contribution in [1.82, 2.24) is 4.90 Å². The van der Waals surface area contributed by atoms with Gasteiger partial charge in [-0.3, -0.25) is 4.79 Å². The quantitative estimate of drug-likeness (QED) is 0.656. The molecule has 90 valence electrons. The molecular weight excluding hydrogens is 198 g/mol. The number of nitrogens with zero attached hydrogens (tertiary/aromatic N) is 1. The zero-order chi connectivity index (χ0) is 12.0. The molecule has 0 aliphatic carbocycles. The van der Waals surface area contributed by atoms with E-state index >= 15 is 0 Å². The van der Waals surface area contributed by atoms with E-state index in [1.54, 1.807) is 0 Å². The van der Waals surface area contributed by atoms with Crippen molar-refractivity contribution in [3.8, 4) is 11.8 Å². The van der Waals surface area contributed by atoms with Crippen LogP contribution in [0.25, 0.3) is 0 Å². The van der Waals surface area contributed by atoms with Crippen LogP contribution in [0.5, 0.6) is 0 Å². The van der Waals surface area contributed by atoms with Crippen LogP contribution >= 0.6 is 0 Å². The van der Waals surface area contributed by atoms with Crippen molar-refractivity contribution in [2.45, 2.75) is 46.5 Å². The highest BCUT2D eigenvalue weighted by Crippen LogP contribution is 2.17. The fourth-order valence-electron chi connectivity index (χ4n) is 1.93. The zero-order valence-corrected chi connectivity index (χ0v) is 10.8. The number of likely N-dealkylation sites (tertiary alicyclic amines) is 1. The van der Waals surface area contributed by atoms with Gasteiger partial charge in [0.15, 0.2) is 0 Å². The second-order valence-corrected chi connectivity index (χ2v) is 4.85. The first-order valence-corrected chi connectivity index (χ1v) is 6.42. The molecule has 16 heavy (non-hydrogen) atoms. The lowest BCUT2D eigenvalue weighted by molar-refractivity contribution is -0.132. The first-order chi connectivity index (χ1) is 7.63. The summed E-state index contributed by atoms with van der Waals surface area (Å²) in [6.07, 6.45) is 3.75. The van der Waals surface area contributed by atoms with Gasteiger partial charge < -0.3 is 4.90 Å². The predicted molar refractivity (Wildman–Crippen MR) is 66.8 cm³/mol. The fraction of sp³-hybridized carbons (Fsp3) is 0.786. The van der Waals surface area contributed by atoms with Gasteiger partial charge in [-0.05, 0) is 19.3 Å². The van der Waals surface area contributed by atoms with Crippen molar-refractivity contribution in [3.05, 3.63) is 0 Å². The topological polar surface area (TPSA) is 20.3 Å². The van der Waals surface area contributed by atoms with Gasteiger partial charge in [0.2, 0.25) is 5.91 Å². The Balaban J connectivity index is 2.34. The van der Waals surface area contributed by atoms with Gasteiger partial charge in [-0.2, -0.15) is 0 Å². The molecule has 0 bridgehead atoms. The van der Waals surface area contributed by atoms with Crippen LogP contribution in [-0.2, 0) is 4.79 Å². The Morgan fingerprint density at radius 2 is 2.00 bits per heavy atom. The van der Waals surface area contributed by atoms with Crippen LogP contribution in [0.15, 0.2) is 0 Å². The number of hydrogen-bond acceptors (Lipinski definition) is 1. The van der Waals surface area contributed by atoms with Gasteiger partial charge in [-0.15, -0.1) is 5.92 Å². The zero-order valence-electron chi connectivity index (χ0n) is 10.8. The molecule has 1 saturated heterocycles. The Morgan fingerprint density at radius 3 is 2.50 bits per heavy atom. The molecule has 0 atom stereocenters. The predicted octanol–water partition coefficient (Wildman–Crippen LogP) is 2.68. The minimum absolute atomic E-state index is 0.317. The van der Waals surface area contributed by atoms with E-state index in [0.29, 0.717) is 24.2 Å². The van der Waals surface area contributed by atoms with Crippen LogP contribution < -0.4 is 0 Å². The van der Waals surface area contributed by atoms with Crippen LogP contribution in [0.3, 0.4) is 0 Å². The third-order valence-corrected chi connectivity index (χ3v) is 2.89. The van der Waals surface area contributed by atoms with Gasteiger partial charge in [0.1, 0.15) is 0 Å². The minimum Gasteiger partial charge on any atom is -0.343 e. The summed E-state index contributed by atoms with van der Waals surface area (Å²) in [6, 6.07) is 0. The number of rotatable bonds is 2. The van der Waals surface area contributed by atoms with Crippen LogP contribution in [0, 0.1) is 23.7 Å². The summed E-state index contributed by atoms with van der Waals surface area (Å²) < 4.78 is 0. The Labute approximate surface area is 99.4 Å². The van der Waals surface area contributed by atoms with Crippen LogP contribution in [0.1, 0.15) is 46.5 Å². The van der Waals surface area contributed by atoms with Gasteiger partial charge in [0.05, 0.1) is 0 Å². The fourth-order valence-corrected chi connectivity index (χ4v) is 1.93. The summed E-state index contributed by atoms with van der Waals surface area (Å²) in [7, 11) is 0. The molecule has 1 heterocycles. The molecule has 0 saturated carbocycles. The second kappa shape index (κ2) is 6.58. The molecule has 1 rings (SSSR count). The van der Waals surface area contributed by atoms with E-state index in [1.807, 2.05) is 4.90 Å². The second-order valence-electron chi connectivity index (χ2n) is 4.85. The molecule has 0 aromatic rings. The number of carbonyl (C=O) groups excluding carboxylic acids is 1. The average Bonchev–Trinajstić information content (AvgIpc) is 2.27. The lowest BCUT2D eigenvalue weighted by atomic mass is 9.96. The molecule has 0 aromatic carbocycles. The molecule has 1 aliphatic heterocycles. The first kappa shape index (κ1) is 13.1. The van der Waals surface area contributed by atoms with Gasteiger partial charge >= 0.3 is 0 Å². The van der Waals surface area contributed by atoms with Crippen molar-refractivity contribution >= 4 is 5.91 Å². The molecule has 1 fully saturated rings. The standard InChI is InChI=1S/C14H23NO/c1-4-5-14(16)15-10-8-13(9-11-15)7-6-12(2)3/h12-13H,4-5,8-11H2,1-3H3. The van der Waals surface area contributed by atoms with E-state index in [1.165, 1.54) is 0 Å². The first-order valence-electron chi connectivity index (χ1n) is 6.42. The lowest BCUT2D eigenvalue weighted by Crippen LogP contribution is -2.38. The number of amides is 1. The lowest BCUT2D eigenvalue weighted by Gasteiger charge is -2.29. The summed E-state index contributed by atoms with van der Waals surface area (Å²) in [5, 5.41) is 0. The van der Waals surface area contributed by atoms with Gasteiger partial charge in [0, 0.05) is 31.3 Å². The number of carbonyl (C=O) groups is 1. The van der Waals surface area contributed by atoms with Crippen molar-refractivity contribution in [1.29, 1.82) is 0 Å². The van der Waals surface area contributed by atoms with Crippen molar-refractivity contribution in [2.24, 2.45) is 11.8 Å². The smallest absolute Gasteiger partial charge is 0.222 e. The van der Waals surface area contributed by atoms with Gasteiger partial charge in [-0.1, -0.05) is 26.7 Å². The largest absolute Gasteiger partial charge is 0.343 e. The third kappa shape index (κ3) is 4.26. The van der Waals surface area contributed by atoms with E-state index in [9.17, 15) is 4.79 Å². The van der Waals surface area contributed by atoms with E-state index in [-0.39, 0.29) is 0 Å². The molecule has 0 N–H and O–H groups in total. The Hall–Kier alpha value is -0.970. The van der Waals surface area contributed by atoms with E-state index in [4.69, 9.17) is 0 Å². The summed E-state index contributed by atoms with van der Waals surface area (Å²) in [6.45, 7) is 8.09. The Morgan fingerprint density at radius 1 is 1.38 bits per heavy atom. The molecule has 0 radical (unpaired) electrons. The summed E-state index contributed by atoms with van der Waals surface area (Å²) in [5.41, 5.74) is 0. The number of hydrogen-bond donors (Lipinski definition) is 0. The van der Waals surface area contributed by atoms with Gasteiger partial charge in [-0.25, -0.2) is 0 Å². The number of piperidine rings is 1. The normalized spacial score (nSPS) is 17.1. The summed E-state index contributed by atoms with van der Waals surface area (Å²) in [4.78, 5) is 13.7. The Bertz CT molecular complexity index is 277. The summed E-state index contributed by atoms with van der Waals surface area (Å²) in [5.74, 6) is 7.84. The highest BCUT2D eigenvalue weighted by atomic mass is 16.2. The van der Waals surface area contributed by atoms with Crippen LogP contribution in [0.4, 0.5) is 0 Å². The molecular formula is C14H23NO. The highest BCUT2D eigenvalue weighted by molar-refractivity contribution is 5.76. The van der Waals surface area contributed by atoms with E-state index in [0.717, 1.165) is 32.4 Å². The highest BCUT2D eigenvalue weighted by Gasteiger charge is 2.20. The van der Waals surface area contributed by atoms with Crippen molar-refractivity contribution < 1.29 is 4.79 Å². The maximum Gasteiger partial charge on any atom is 0.222 e. The average molecular weight is 221 g/mol. The van der Waals surface area contributed by atoms with E-state index in [2.05, 4.69) is 32.6 Å². The molecule has 0 aromatic heterocycles. The van der Waals surface area contributed by atoms with Gasteiger partial charge in [0.25, 0.3) is 0 Å². The molecule has 2 heteroatoms. The third-order valence-electron chi connectivity index (χ3n) is 2.89. The minimum atomic E-state index is 0.317. The van der Waals surface area contributed by atoms with Crippen molar-refractivity contribution in [2.75, 3.05) is 13.1 Å². The van der Waals surface area contributed by atoms with E-state index < -0.39 is 0 Å². The van der Waals surface area contributed by atoms with Crippen LogP contribution in [0.2, 0.25) is 0 Å². The molecule has 1 amide bonds. The summed E-state index contributed by atoms with van der Waals surface area (Å²) >= 11 is 0. The van der Waals surface area contributed by atoms with Crippen molar-refractivity contribution in [3.63, 3.8) is 0 Å². The molecule has 2 nitrogen and oxygen atoms in total. The molecule has 0 unspecified atom stereocenters. The maximum atomic E-state index is 11.7. The SMILES string of the molecule is CCCC(=O)N1CCC(C#CC(C)C)CC1. The molecule has 0 spiro atoms. The van der Waals surface area contributed by atoms with Crippen LogP contribution in [-0.4, -0.2) is 23.9 Å².